The lowest BCUT2D eigenvalue weighted by Gasteiger charge is -2.18. The monoisotopic (exact) mass is 381 g/mol. The molecule has 142 valence electrons. The van der Waals surface area contributed by atoms with E-state index >= 15 is 0 Å². The van der Waals surface area contributed by atoms with Crippen LogP contribution in [0.15, 0.2) is 41.3 Å². The molecule has 0 aliphatic carbocycles. The van der Waals surface area contributed by atoms with E-state index in [0.717, 1.165) is 0 Å². The Labute approximate surface area is 158 Å². The summed E-state index contributed by atoms with van der Waals surface area (Å²) in [5.74, 6) is -0.0638. The summed E-state index contributed by atoms with van der Waals surface area (Å²) in [6.45, 7) is 1.52. The Balaban J connectivity index is 1.54. The molecule has 1 aliphatic rings. The maximum atomic E-state index is 12.6. The third-order valence-corrected chi connectivity index (χ3v) is 4.03. The molecule has 28 heavy (non-hydrogen) atoms. The number of oxazole rings is 1. The van der Waals surface area contributed by atoms with Crippen molar-refractivity contribution in [1.29, 1.82) is 0 Å². The number of aliphatic hydroxyl groups is 1. The van der Waals surface area contributed by atoms with Gasteiger partial charge < -0.3 is 24.9 Å². The van der Waals surface area contributed by atoms with Crippen molar-refractivity contribution >= 4 is 23.2 Å². The zero-order chi connectivity index (χ0) is 19.7. The van der Waals surface area contributed by atoms with E-state index in [1.54, 1.807) is 25.1 Å². The first-order valence-electron chi connectivity index (χ1n) is 8.29. The molecule has 0 bridgehead atoms. The molecule has 10 nitrogen and oxygen atoms in total. The molecule has 1 unspecified atom stereocenters. The molecular formula is C18H15N5O5. The first kappa shape index (κ1) is 17.6. The average Bonchev–Trinajstić information content (AvgIpc) is 3.09. The molecule has 1 atom stereocenters. The van der Waals surface area contributed by atoms with Crippen LogP contribution in [0.25, 0.3) is 0 Å². The van der Waals surface area contributed by atoms with Crippen LogP contribution >= 0.6 is 0 Å². The molecule has 0 radical (unpaired) electrons. The van der Waals surface area contributed by atoms with Gasteiger partial charge in [-0.25, -0.2) is 15.0 Å². The van der Waals surface area contributed by atoms with Crippen LogP contribution in [0.4, 0.5) is 11.4 Å². The van der Waals surface area contributed by atoms with E-state index in [0.29, 0.717) is 22.7 Å². The standard InChI is InChI=1S/C18H15N5O5/c1-9-15(23-18(28-9)16(25)10-5-19-8-20-6-10)17(26)21-11-2-3-13-12(4-11)22-14(24)7-27-13/h2-6,8,16,25H,7H2,1H3,(H,21,26)(H,22,24). The minimum absolute atomic E-state index is 0.0314. The Morgan fingerprint density at radius 3 is 2.89 bits per heavy atom. The molecule has 1 aliphatic heterocycles. The van der Waals surface area contributed by atoms with Gasteiger partial charge in [-0.3, -0.25) is 9.59 Å². The molecule has 3 N–H and O–H groups in total. The number of ether oxygens (including phenoxy) is 1. The van der Waals surface area contributed by atoms with E-state index in [1.807, 2.05) is 0 Å². The number of amides is 2. The molecule has 0 fully saturated rings. The summed E-state index contributed by atoms with van der Waals surface area (Å²) in [5.41, 5.74) is 1.33. The van der Waals surface area contributed by atoms with E-state index < -0.39 is 12.0 Å². The number of benzene rings is 1. The van der Waals surface area contributed by atoms with E-state index in [9.17, 15) is 14.7 Å². The number of nitrogens with zero attached hydrogens (tertiary/aromatic N) is 3. The average molecular weight is 381 g/mol. The van der Waals surface area contributed by atoms with Crippen molar-refractivity contribution in [3.05, 3.63) is 59.8 Å². The van der Waals surface area contributed by atoms with Gasteiger partial charge in [0.25, 0.3) is 11.8 Å². The fraction of sp³-hybridized carbons (Fsp3) is 0.167. The number of hydrogen-bond acceptors (Lipinski definition) is 8. The molecule has 3 aromatic rings. The number of carbonyl (C=O) groups is 2. The van der Waals surface area contributed by atoms with Gasteiger partial charge in [0.2, 0.25) is 5.89 Å². The molecule has 0 saturated heterocycles. The van der Waals surface area contributed by atoms with Crippen LogP contribution in [0.2, 0.25) is 0 Å². The molecule has 3 heterocycles. The number of nitrogens with one attached hydrogen (secondary N) is 2. The second-order valence-corrected chi connectivity index (χ2v) is 6.03. The highest BCUT2D eigenvalue weighted by Gasteiger charge is 2.24. The Morgan fingerprint density at radius 2 is 2.11 bits per heavy atom. The first-order chi connectivity index (χ1) is 13.5. The van der Waals surface area contributed by atoms with Crippen molar-refractivity contribution in [3.63, 3.8) is 0 Å². The topological polar surface area (TPSA) is 139 Å². The Hall–Kier alpha value is -3.79. The van der Waals surface area contributed by atoms with E-state index in [1.165, 1.54) is 18.7 Å². The van der Waals surface area contributed by atoms with Gasteiger partial charge in [-0.15, -0.1) is 0 Å². The van der Waals surface area contributed by atoms with Crippen LogP contribution in [0.1, 0.15) is 33.8 Å². The van der Waals surface area contributed by atoms with Crippen molar-refractivity contribution in [2.45, 2.75) is 13.0 Å². The smallest absolute Gasteiger partial charge is 0.277 e. The number of fused-ring (bicyclic) bond motifs is 1. The molecule has 0 spiro atoms. The summed E-state index contributed by atoms with van der Waals surface area (Å²) in [4.78, 5) is 35.8. The highest BCUT2D eigenvalue weighted by Crippen LogP contribution is 2.31. The zero-order valence-electron chi connectivity index (χ0n) is 14.7. The van der Waals surface area contributed by atoms with Crippen LogP contribution in [-0.2, 0) is 4.79 Å². The van der Waals surface area contributed by atoms with Gasteiger partial charge in [0.05, 0.1) is 5.69 Å². The summed E-state index contributed by atoms with van der Waals surface area (Å²) in [6.07, 6.45) is 3.00. The van der Waals surface area contributed by atoms with Crippen molar-refractivity contribution in [1.82, 2.24) is 15.0 Å². The third-order valence-electron chi connectivity index (χ3n) is 4.03. The quantitative estimate of drug-likeness (QED) is 0.617. The van der Waals surface area contributed by atoms with E-state index in [4.69, 9.17) is 9.15 Å². The highest BCUT2D eigenvalue weighted by atomic mass is 16.5. The van der Waals surface area contributed by atoms with Gasteiger partial charge in [-0.05, 0) is 25.1 Å². The lowest BCUT2D eigenvalue weighted by Crippen LogP contribution is -2.25. The Bertz CT molecular complexity index is 1050. The van der Waals surface area contributed by atoms with Gasteiger partial charge >= 0.3 is 0 Å². The fourth-order valence-electron chi connectivity index (χ4n) is 2.69. The maximum absolute atomic E-state index is 12.6. The van der Waals surface area contributed by atoms with Gasteiger partial charge in [-0.1, -0.05) is 0 Å². The van der Waals surface area contributed by atoms with Gasteiger partial charge in [-0.2, -0.15) is 0 Å². The molecule has 1 aromatic carbocycles. The lowest BCUT2D eigenvalue weighted by molar-refractivity contribution is -0.118. The SMILES string of the molecule is Cc1oc(C(O)c2cncnc2)nc1C(=O)Nc1ccc2c(c1)NC(=O)CO2. The number of hydrogen-bond donors (Lipinski definition) is 3. The molecule has 10 heteroatoms. The van der Waals surface area contributed by atoms with Crippen LogP contribution in [0, 0.1) is 6.92 Å². The Morgan fingerprint density at radius 1 is 1.32 bits per heavy atom. The van der Waals surface area contributed by atoms with Crippen LogP contribution < -0.4 is 15.4 Å². The molecular weight excluding hydrogens is 366 g/mol. The number of aromatic nitrogens is 3. The van der Waals surface area contributed by atoms with Crippen LogP contribution in [0.5, 0.6) is 5.75 Å². The normalized spacial score (nSPS) is 13.9. The van der Waals surface area contributed by atoms with Crippen LogP contribution in [0.3, 0.4) is 0 Å². The van der Waals surface area contributed by atoms with Gasteiger partial charge in [0, 0.05) is 23.6 Å². The third kappa shape index (κ3) is 3.40. The molecule has 0 saturated carbocycles. The second-order valence-electron chi connectivity index (χ2n) is 6.03. The van der Waals surface area contributed by atoms with Crippen molar-refractivity contribution in [2.24, 2.45) is 0 Å². The first-order valence-corrected chi connectivity index (χ1v) is 8.29. The van der Waals surface area contributed by atoms with Crippen LogP contribution in [-0.4, -0.2) is 38.5 Å². The maximum Gasteiger partial charge on any atom is 0.277 e. The molecule has 4 rings (SSSR count). The largest absolute Gasteiger partial charge is 0.482 e. The zero-order valence-corrected chi connectivity index (χ0v) is 14.7. The van der Waals surface area contributed by atoms with Gasteiger partial charge in [0.15, 0.2) is 18.4 Å². The number of carbonyl (C=O) groups excluding carboxylic acids is 2. The minimum atomic E-state index is -1.20. The van der Waals surface area contributed by atoms with Gasteiger partial charge in [0.1, 0.15) is 17.8 Å². The second kappa shape index (κ2) is 7.08. The number of aliphatic hydroxyl groups excluding tert-OH is 1. The van der Waals surface area contributed by atoms with E-state index in [-0.39, 0.29) is 29.9 Å². The van der Waals surface area contributed by atoms with Crippen molar-refractivity contribution in [3.8, 4) is 5.75 Å². The predicted octanol–water partition coefficient (Wildman–Crippen LogP) is 1.44. The Kier molecular flexibility index (Phi) is 4.45. The summed E-state index contributed by atoms with van der Waals surface area (Å²) in [5, 5.41) is 15.7. The molecule has 2 amide bonds. The molecule has 2 aromatic heterocycles. The summed E-state index contributed by atoms with van der Waals surface area (Å²) < 4.78 is 10.7. The number of rotatable bonds is 4. The number of anilines is 2. The van der Waals surface area contributed by atoms with E-state index in [2.05, 4.69) is 25.6 Å². The summed E-state index contributed by atoms with van der Waals surface area (Å²) in [6, 6.07) is 4.86. The number of aryl methyl sites for hydroxylation is 1. The van der Waals surface area contributed by atoms with Crippen molar-refractivity contribution < 1.29 is 23.8 Å². The summed E-state index contributed by atoms with van der Waals surface area (Å²) >= 11 is 0. The highest BCUT2D eigenvalue weighted by molar-refractivity contribution is 6.04. The summed E-state index contributed by atoms with van der Waals surface area (Å²) in [7, 11) is 0. The van der Waals surface area contributed by atoms with Crippen molar-refractivity contribution in [2.75, 3.05) is 17.2 Å². The fourth-order valence-corrected chi connectivity index (χ4v) is 2.69. The lowest BCUT2D eigenvalue weighted by atomic mass is 10.2. The predicted molar refractivity (Wildman–Crippen MR) is 95.9 cm³/mol. The minimum Gasteiger partial charge on any atom is -0.482 e.